The minimum Gasteiger partial charge on any atom is -0.341 e. The molecule has 2 saturated heterocycles. The molecule has 2 unspecified atom stereocenters. The highest BCUT2D eigenvalue weighted by Gasteiger charge is 2.34. The van der Waals surface area contributed by atoms with E-state index >= 15 is 0 Å². The summed E-state index contributed by atoms with van der Waals surface area (Å²) in [6.45, 7) is 8.13. The largest absolute Gasteiger partial charge is 0.418 e. The summed E-state index contributed by atoms with van der Waals surface area (Å²) in [6.07, 6.45) is -2.19. The van der Waals surface area contributed by atoms with Crippen LogP contribution in [0, 0.1) is 11.8 Å². The molecule has 0 aliphatic carbocycles. The van der Waals surface area contributed by atoms with Gasteiger partial charge in [0.2, 0.25) is 5.91 Å². The minimum atomic E-state index is -4.55. The van der Waals surface area contributed by atoms with Crippen molar-refractivity contribution in [2.75, 3.05) is 45.8 Å². The van der Waals surface area contributed by atoms with Crippen molar-refractivity contribution >= 4 is 11.8 Å². The van der Waals surface area contributed by atoms with Gasteiger partial charge in [-0.15, -0.1) is 5.10 Å². The third kappa shape index (κ3) is 5.40. The molecule has 8 nitrogen and oxygen atoms in total. The lowest BCUT2D eigenvalue weighted by atomic mass is 9.92. The van der Waals surface area contributed by atoms with Gasteiger partial charge in [-0.25, -0.2) is 4.68 Å². The minimum absolute atomic E-state index is 0.0159. The summed E-state index contributed by atoms with van der Waals surface area (Å²) < 4.78 is 40.9. The Kier molecular flexibility index (Phi) is 6.92. The predicted octanol–water partition coefficient (Wildman–Crippen LogP) is 2.55. The number of aromatic nitrogens is 3. The first-order valence-electron chi connectivity index (χ1n) is 11.5. The van der Waals surface area contributed by atoms with E-state index in [1.165, 1.54) is 24.4 Å². The number of para-hydroxylation sites is 1. The van der Waals surface area contributed by atoms with Gasteiger partial charge in [-0.05, 0) is 30.4 Å². The average Bonchev–Trinajstić information content (AvgIpc) is 3.28. The molecule has 0 radical (unpaired) electrons. The van der Waals surface area contributed by atoms with Gasteiger partial charge in [0.15, 0.2) is 5.69 Å². The Morgan fingerprint density at radius 3 is 2.29 bits per heavy atom. The normalized spacial score (nSPS) is 22.1. The number of hydrogen-bond acceptors (Lipinski definition) is 5. The molecule has 2 aliphatic heterocycles. The van der Waals surface area contributed by atoms with Gasteiger partial charge < -0.3 is 9.80 Å². The molecule has 1 aromatic carbocycles. The summed E-state index contributed by atoms with van der Waals surface area (Å²) in [5.74, 6) is 0.724. The van der Waals surface area contributed by atoms with Crippen LogP contribution in [0.4, 0.5) is 13.2 Å². The van der Waals surface area contributed by atoms with E-state index in [9.17, 15) is 22.8 Å². The number of nitrogens with zero attached hydrogens (tertiary/aromatic N) is 6. The van der Waals surface area contributed by atoms with Crippen LogP contribution in [0.5, 0.6) is 0 Å². The number of piperazine rings is 1. The van der Waals surface area contributed by atoms with Gasteiger partial charge in [-0.2, -0.15) is 13.2 Å². The molecule has 34 heavy (non-hydrogen) atoms. The first-order chi connectivity index (χ1) is 16.1. The van der Waals surface area contributed by atoms with Gasteiger partial charge in [0.05, 0.1) is 24.0 Å². The fraction of sp³-hybridized carbons (Fsp3) is 0.565. The molecule has 1 aromatic heterocycles. The van der Waals surface area contributed by atoms with Crippen molar-refractivity contribution in [1.82, 2.24) is 29.7 Å². The fourth-order valence-electron chi connectivity index (χ4n) is 4.82. The molecule has 184 valence electrons. The third-order valence-corrected chi connectivity index (χ3v) is 6.41. The zero-order valence-corrected chi connectivity index (χ0v) is 19.3. The molecule has 0 bridgehead atoms. The summed E-state index contributed by atoms with van der Waals surface area (Å²) in [6, 6.07) is 5.01. The second kappa shape index (κ2) is 9.73. The van der Waals surface area contributed by atoms with Crippen molar-refractivity contribution in [2.45, 2.75) is 26.4 Å². The maximum atomic E-state index is 13.3. The van der Waals surface area contributed by atoms with Crippen molar-refractivity contribution in [1.29, 1.82) is 0 Å². The van der Waals surface area contributed by atoms with Gasteiger partial charge in [0.1, 0.15) is 0 Å². The van der Waals surface area contributed by atoms with Gasteiger partial charge in [-0.3, -0.25) is 14.5 Å². The molecule has 2 fully saturated rings. The first-order valence-corrected chi connectivity index (χ1v) is 11.5. The molecule has 0 saturated carbocycles. The Bertz CT molecular complexity index is 1020. The number of halogens is 3. The van der Waals surface area contributed by atoms with E-state index in [-0.39, 0.29) is 23.2 Å². The van der Waals surface area contributed by atoms with E-state index in [0.717, 1.165) is 30.3 Å². The van der Waals surface area contributed by atoms with Gasteiger partial charge in [0.25, 0.3) is 5.91 Å². The number of amides is 2. The van der Waals surface area contributed by atoms with E-state index in [0.29, 0.717) is 44.6 Å². The van der Waals surface area contributed by atoms with E-state index in [2.05, 4.69) is 24.2 Å². The van der Waals surface area contributed by atoms with E-state index in [1.807, 2.05) is 9.80 Å². The number of carbonyl (C=O) groups is 2. The predicted molar refractivity (Wildman–Crippen MR) is 118 cm³/mol. The summed E-state index contributed by atoms with van der Waals surface area (Å²) in [4.78, 5) is 31.2. The highest BCUT2D eigenvalue weighted by atomic mass is 19.4. The second-order valence-electron chi connectivity index (χ2n) is 9.38. The van der Waals surface area contributed by atoms with Gasteiger partial charge in [-0.1, -0.05) is 31.2 Å². The van der Waals surface area contributed by atoms with Crippen molar-refractivity contribution < 1.29 is 22.8 Å². The van der Waals surface area contributed by atoms with Crippen molar-refractivity contribution in [3.8, 4) is 5.69 Å². The van der Waals surface area contributed by atoms with Crippen LogP contribution in [-0.4, -0.2) is 87.3 Å². The van der Waals surface area contributed by atoms with E-state index in [1.54, 1.807) is 4.90 Å². The lowest BCUT2D eigenvalue weighted by Crippen LogP contribution is -2.53. The van der Waals surface area contributed by atoms with Gasteiger partial charge in [0, 0.05) is 39.3 Å². The topological polar surface area (TPSA) is 74.6 Å². The second-order valence-corrected chi connectivity index (χ2v) is 9.38. The van der Waals surface area contributed by atoms with Gasteiger partial charge >= 0.3 is 6.18 Å². The van der Waals surface area contributed by atoms with Crippen LogP contribution in [0.2, 0.25) is 0 Å². The van der Waals surface area contributed by atoms with Crippen LogP contribution >= 0.6 is 0 Å². The molecule has 2 amide bonds. The third-order valence-electron chi connectivity index (χ3n) is 6.41. The standard InChI is InChI=1S/C23H29F3N6O2/c1-16-11-17(2)13-31(12-16)21(33)15-29-7-9-30(10-8-29)22(34)19-14-32(28-27-19)20-6-4-3-5-18(20)23(24,25)26/h3-6,14,16-17H,7-13,15H2,1-2H3. The molecular weight excluding hydrogens is 449 g/mol. The number of benzene rings is 1. The SMILES string of the molecule is CC1CC(C)CN(C(=O)CN2CCN(C(=O)c3cn(-c4ccccc4C(F)(F)F)nn3)CC2)C1. The Balaban J connectivity index is 1.34. The summed E-state index contributed by atoms with van der Waals surface area (Å²) >= 11 is 0. The molecule has 2 aromatic rings. The molecule has 2 aliphatic rings. The highest BCUT2D eigenvalue weighted by molar-refractivity contribution is 5.92. The van der Waals surface area contributed by atoms with Crippen molar-refractivity contribution in [2.24, 2.45) is 11.8 Å². The van der Waals surface area contributed by atoms with Crippen LogP contribution in [-0.2, 0) is 11.0 Å². The summed E-state index contributed by atoms with van der Waals surface area (Å²) in [7, 11) is 0. The monoisotopic (exact) mass is 478 g/mol. The first kappa shape index (κ1) is 24.2. The van der Waals surface area contributed by atoms with Crippen molar-refractivity contribution in [3.63, 3.8) is 0 Å². The van der Waals surface area contributed by atoms with Crippen molar-refractivity contribution in [3.05, 3.63) is 41.7 Å². The molecule has 4 rings (SSSR count). The van der Waals surface area contributed by atoms with Crippen LogP contribution in [0.1, 0.15) is 36.3 Å². The molecule has 0 spiro atoms. The van der Waals surface area contributed by atoms with Crippen LogP contribution in [0.25, 0.3) is 5.69 Å². The molecular formula is C23H29F3N6O2. The lowest BCUT2D eigenvalue weighted by molar-refractivity contribution is -0.137. The number of alkyl halides is 3. The number of likely N-dealkylation sites (tertiary alicyclic amines) is 1. The maximum absolute atomic E-state index is 13.3. The smallest absolute Gasteiger partial charge is 0.341 e. The quantitative estimate of drug-likeness (QED) is 0.675. The number of rotatable bonds is 4. The lowest BCUT2D eigenvalue weighted by Gasteiger charge is -2.38. The Morgan fingerprint density at radius 2 is 1.65 bits per heavy atom. The molecule has 0 N–H and O–H groups in total. The average molecular weight is 479 g/mol. The fourth-order valence-corrected chi connectivity index (χ4v) is 4.82. The van der Waals surface area contributed by atoms with E-state index < -0.39 is 11.7 Å². The molecule has 2 atom stereocenters. The summed E-state index contributed by atoms with van der Waals surface area (Å²) in [5, 5.41) is 7.57. The van der Waals surface area contributed by atoms with Crippen LogP contribution in [0.3, 0.4) is 0 Å². The Labute approximate surface area is 196 Å². The Morgan fingerprint density at radius 1 is 1.00 bits per heavy atom. The molecule has 11 heteroatoms. The Hall–Kier alpha value is -2.95. The van der Waals surface area contributed by atoms with Crippen LogP contribution in [0.15, 0.2) is 30.5 Å². The zero-order valence-electron chi connectivity index (χ0n) is 19.3. The number of piperidine rings is 1. The highest BCUT2D eigenvalue weighted by Crippen LogP contribution is 2.33. The maximum Gasteiger partial charge on any atom is 0.418 e. The number of hydrogen-bond donors (Lipinski definition) is 0. The zero-order chi connectivity index (χ0) is 24.5. The van der Waals surface area contributed by atoms with E-state index in [4.69, 9.17) is 0 Å². The van der Waals surface area contributed by atoms with Crippen LogP contribution < -0.4 is 0 Å². The number of carbonyl (C=O) groups excluding carboxylic acids is 2. The molecule has 3 heterocycles. The summed E-state index contributed by atoms with van der Waals surface area (Å²) in [5.41, 5.74) is -1.06.